The van der Waals surface area contributed by atoms with Crippen LogP contribution in [0.5, 0.6) is 0 Å². The van der Waals surface area contributed by atoms with Crippen molar-refractivity contribution in [2.75, 3.05) is 23.0 Å². The van der Waals surface area contributed by atoms with Crippen LogP contribution in [0.1, 0.15) is 5.69 Å². The van der Waals surface area contributed by atoms with E-state index in [-0.39, 0.29) is 17.6 Å². The Morgan fingerprint density at radius 3 is 2.59 bits per heavy atom. The molecule has 1 aromatic carbocycles. The molecule has 9 heteroatoms. The molecule has 3 fully saturated rings. The summed E-state index contributed by atoms with van der Waals surface area (Å²) >= 11 is 1.93. The van der Waals surface area contributed by atoms with Crippen LogP contribution in [0, 0.1) is 23.2 Å². The van der Waals surface area contributed by atoms with Crippen LogP contribution in [0.2, 0.25) is 0 Å². The quantitative estimate of drug-likeness (QED) is 0.596. The summed E-state index contributed by atoms with van der Waals surface area (Å²) in [4.78, 5) is 18.6. The van der Waals surface area contributed by atoms with Gasteiger partial charge in [-0.1, -0.05) is 23.4 Å². The van der Waals surface area contributed by atoms with Crippen molar-refractivity contribution in [3.05, 3.63) is 60.7 Å². The zero-order valence-electron chi connectivity index (χ0n) is 17.2. The second kappa shape index (κ2) is 7.35. The van der Waals surface area contributed by atoms with E-state index in [1.54, 1.807) is 22.0 Å². The molecule has 2 aromatic heterocycles. The SMILES string of the molecule is N#C[C@]1(c2ccc(-c3ccc(N4C[C@H](Cn5ccnn5)OC4=O)cc3)cn2)[C@@H]2CSC[C@@H]21. The molecule has 2 saturated heterocycles. The molecule has 3 aromatic rings. The standard InChI is InChI=1S/C23H20N6O2S/c24-14-23(19-12-32-13-20(19)23)21-6-3-16(9-25-21)15-1-4-17(5-2-15)29-11-18(31-22(29)30)10-28-8-7-26-27-28/h1-9,18-20H,10-13H2/t18-,19-,20+,23+/m0/s1. The zero-order chi connectivity index (χ0) is 21.7. The minimum Gasteiger partial charge on any atom is -0.442 e. The fourth-order valence-corrected chi connectivity index (χ4v) is 6.60. The van der Waals surface area contributed by atoms with Crippen molar-refractivity contribution in [3.63, 3.8) is 0 Å². The lowest BCUT2D eigenvalue weighted by molar-refractivity contribution is 0.129. The van der Waals surface area contributed by atoms with Gasteiger partial charge in [0.15, 0.2) is 0 Å². The fraction of sp³-hybridized carbons (Fsp3) is 0.348. The van der Waals surface area contributed by atoms with E-state index >= 15 is 0 Å². The number of ether oxygens (including phenoxy) is 1. The van der Waals surface area contributed by atoms with Gasteiger partial charge in [0, 0.05) is 23.6 Å². The molecule has 0 radical (unpaired) electrons. The molecule has 1 amide bonds. The van der Waals surface area contributed by atoms with Gasteiger partial charge in [0.1, 0.15) is 11.5 Å². The number of anilines is 1. The van der Waals surface area contributed by atoms with Crippen molar-refractivity contribution < 1.29 is 9.53 Å². The summed E-state index contributed by atoms with van der Waals surface area (Å²) in [7, 11) is 0. The number of fused-ring (bicyclic) bond motifs is 1. The van der Waals surface area contributed by atoms with E-state index in [4.69, 9.17) is 4.74 Å². The number of nitrogens with zero attached hydrogens (tertiary/aromatic N) is 6. The Hall–Kier alpha value is -3.38. The van der Waals surface area contributed by atoms with Crippen molar-refractivity contribution in [2.45, 2.75) is 18.1 Å². The van der Waals surface area contributed by atoms with Crippen LogP contribution in [-0.2, 0) is 16.7 Å². The van der Waals surface area contributed by atoms with Crippen LogP contribution in [0.3, 0.4) is 0 Å². The first-order valence-corrected chi connectivity index (χ1v) is 11.7. The lowest BCUT2D eigenvalue weighted by atomic mass is 9.97. The molecule has 6 rings (SSSR count). The molecule has 0 spiro atoms. The number of aromatic nitrogens is 4. The van der Waals surface area contributed by atoms with Crippen molar-refractivity contribution in [1.29, 1.82) is 5.26 Å². The van der Waals surface area contributed by atoms with Crippen LogP contribution < -0.4 is 4.90 Å². The van der Waals surface area contributed by atoms with Crippen LogP contribution in [0.15, 0.2) is 55.0 Å². The molecule has 4 atom stereocenters. The van der Waals surface area contributed by atoms with Crippen LogP contribution in [-0.4, -0.2) is 50.2 Å². The molecule has 160 valence electrons. The summed E-state index contributed by atoms with van der Waals surface area (Å²) in [6.45, 7) is 0.939. The van der Waals surface area contributed by atoms with Crippen molar-refractivity contribution >= 4 is 23.5 Å². The summed E-state index contributed by atoms with van der Waals surface area (Å²) in [5.74, 6) is 3.01. The molecule has 4 heterocycles. The van der Waals surface area contributed by atoms with E-state index in [1.165, 1.54) is 0 Å². The molecule has 2 aliphatic heterocycles. The number of hydrogen-bond donors (Lipinski definition) is 0. The Morgan fingerprint density at radius 1 is 1.16 bits per heavy atom. The molecule has 1 aliphatic carbocycles. The predicted octanol–water partition coefficient (Wildman–Crippen LogP) is 3.12. The van der Waals surface area contributed by atoms with Gasteiger partial charge in [-0.2, -0.15) is 17.0 Å². The van der Waals surface area contributed by atoms with E-state index in [9.17, 15) is 10.1 Å². The van der Waals surface area contributed by atoms with Gasteiger partial charge in [0.05, 0.1) is 31.0 Å². The number of thioether (sulfide) groups is 1. The third kappa shape index (κ3) is 2.98. The first-order chi connectivity index (χ1) is 15.7. The summed E-state index contributed by atoms with van der Waals surface area (Å²) in [5.41, 5.74) is 3.30. The monoisotopic (exact) mass is 444 g/mol. The Kier molecular flexibility index (Phi) is 4.43. The van der Waals surface area contributed by atoms with Gasteiger partial charge in [-0.15, -0.1) is 5.10 Å². The largest absolute Gasteiger partial charge is 0.442 e. The van der Waals surface area contributed by atoms with Gasteiger partial charge in [0.25, 0.3) is 0 Å². The first-order valence-electron chi connectivity index (χ1n) is 10.6. The Balaban J connectivity index is 1.16. The molecular formula is C23H20N6O2S. The lowest BCUT2D eigenvalue weighted by Crippen LogP contribution is -2.26. The zero-order valence-corrected chi connectivity index (χ0v) is 18.0. The molecule has 1 saturated carbocycles. The predicted molar refractivity (Wildman–Crippen MR) is 119 cm³/mol. The highest BCUT2D eigenvalue weighted by molar-refractivity contribution is 7.99. The van der Waals surface area contributed by atoms with Crippen LogP contribution in [0.4, 0.5) is 10.5 Å². The number of carbonyl (C=O) groups is 1. The summed E-state index contributed by atoms with van der Waals surface area (Å²) in [6.07, 6.45) is 4.57. The second-order valence-electron chi connectivity index (χ2n) is 8.45. The average molecular weight is 445 g/mol. The average Bonchev–Trinajstić information content (AvgIpc) is 3.35. The molecule has 3 aliphatic rings. The fourth-order valence-electron chi connectivity index (χ4n) is 4.97. The molecule has 32 heavy (non-hydrogen) atoms. The third-order valence-electron chi connectivity index (χ3n) is 6.76. The highest BCUT2D eigenvalue weighted by atomic mass is 32.2. The lowest BCUT2D eigenvalue weighted by Gasteiger charge is -2.14. The number of pyridine rings is 1. The van der Waals surface area contributed by atoms with Gasteiger partial charge in [-0.3, -0.25) is 9.88 Å². The summed E-state index contributed by atoms with van der Waals surface area (Å²) < 4.78 is 7.13. The highest BCUT2D eigenvalue weighted by Gasteiger charge is 2.69. The number of nitriles is 1. The van der Waals surface area contributed by atoms with Gasteiger partial charge < -0.3 is 4.74 Å². The topological polar surface area (TPSA) is 96.9 Å². The van der Waals surface area contributed by atoms with E-state index in [1.807, 2.05) is 54.4 Å². The molecular weight excluding hydrogens is 424 g/mol. The minimum absolute atomic E-state index is 0.270. The van der Waals surface area contributed by atoms with Crippen molar-refractivity contribution in [2.24, 2.45) is 11.8 Å². The molecule has 8 nitrogen and oxygen atoms in total. The highest BCUT2D eigenvalue weighted by Crippen LogP contribution is 2.65. The van der Waals surface area contributed by atoms with Crippen molar-refractivity contribution in [3.8, 4) is 17.2 Å². The molecule has 0 N–H and O–H groups in total. The maximum Gasteiger partial charge on any atom is 0.414 e. The van der Waals surface area contributed by atoms with E-state index in [0.29, 0.717) is 24.9 Å². The number of cyclic esters (lactones) is 1. The summed E-state index contributed by atoms with van der Waals surface area (Å²) in [6, 6.07) is 14.4. The number of rotatable bonds is 5. The van der Waals surface area contributed by atoms with Gasteiger partial charge >= 0.3 is 6.09 Å². The normalized spacial score (nSPS) is 28.3. The second-order valence-corrected chi connectivity index (χ2v) is 9.53. The third-order valence-corrected chi connectivity index (χ3v) is 7.95. The Bertz CT molecular complexity index is 1180. The van der Waals surface area contributed by atoms with Gasteiger partial charge in [-0.05, 0) is 47.1 Å². The molecule has 0 bridgehead atoms. The Morgan fingerprint density at radius 2 is 1.94 bits per heavy atom. The van der Waals surface area contributed by atoms with E-state index < -0.39 is 0 Å². The van der Waals surface area contributed by atoms with Crippen LogP contribution in [0.25, 0.3) is 11.1 Å². The maximum atomic E-state index is 12.3. The van der Waals surface area contributed by atoms with Gasteiger partial charge in [0.2, 0.25) is 0 Å². The number of hydrogen-bond acceptors (Lipinski definition) is 7. The van der Waals surface area contributed by atoms with Crippen molar-refractivity contribution in [1.82, 2.24) is 20.0 Å². The Labute approximate surface area is 189 Å². The minimum atomic E-state index is -0.382. The van der Waals surface area contributed by atoms with E-state index in [0.717, 1.165) is 34.0 Å². The number of benzene rings is 1. The maximum absolute atomic E-state index is 12.3. The number of amides is 1. The van der Waals surface area contributed by atoms with Crippen LogP contribution >= 0.6 is 11.8 Å². The smallest absolute Gasteiger partial charge is 0.414 e. The first kappa shape index (κ1) is 19.3. The number of carbonyl (C=O) groups excluding carboxylic acids is 1. The van der Waals surface area contributed by atoms with E-state index in [2.05, 4.69) is 21.4 Å². The van der Waals surface area contributed by atoms with Gasteiger partial charge in [-0.25, -0.2) is 9.48 Å². The molecule has 0 unspecified atom stereocenters. The summed E-state index contributed by atoms with van der Waals surface area (Å²) in [5, 5.41) is 17.5.